The number of benzene rings is 2. The topological polar surface area (TPSA) is 95.7 Å². The second-order valence-electron chi connectivity index (χ2n) is 4.90. The van der Waals surface area contributed by atoms with E-state index in [0.29, 0.717) is 11.1 Å². The van der Waals surface area contributed by atoms with Crippen LogP contribution in [0.4, 0.5) is 5.69 Å². The van der Waals surface area contributed by atoms with Crippen LogP contribution >= 0.6 is 0 Å². The number of hydrogen-bond donors (Lipinski definition) is 0. The van der Waals surface area contributed by atoms with Crippen molar-refractivity contribution in [3.63, 3.8) is 0 Å². The Labute approximate surface area is 138 Å². The quantitative estimate of drug-likeness (QED) is 0.350. The first-order chi connectivity index (χ1) is 11.5. The Morgan fingerprint density at radius 2 is 1.54 bits per heavy atom. The summed E-state index contributed by atoms with van der Waals surface area (Å²) in [6.45, 7) is 1.34. The summed E-state index contributed by atoms with van der Waals surface area (Å²) in [6.07, 6.45) is 0. The van der Waals surface area contributed by atoms with Crippen LogP contribution in [0.2, 0.25) is 0 Å². The number of nitrogens with zero attached hydrogens (tertiary/aromatic N) is 1. The molecule has 0 saturated heterocycles. The Kier molecular flexibility index (Phi) is 5.62. The lowest BCUT2D eigenvalue weighted by Crippen LogP contribution is -2.14. The normalized spacial score (nSPS) is 10.0. The molecular weight excluding hydrogens is 314 g/mol. The van der Waals surface area contributed by atoms with E-state index in [-0.39, 0.29) is 24.5 Å². The lowest BCUT2D eigenvalue weighted by Gasteiger charge is -2.07. The van der Waals surface area contributed by atoms with Gasteiger partial charge in [-0.3, -0.25) is 10.1 Å². The summed E-state index contributed by atoms with van der Waals surface area (Å²) < 4.78 is 9.92. The number of nitro benzene ring substituents is 1. The Hall–Kier alpha value is -3.22. The highest BCUT2D eigenvalue weighted by Crippen LogP contribution is 2.19. The maximum Gasteiger partial charge on any atom is 0.338 e. The standard InChI is InChI=1S/C17H15NO6/c1-12-7-8-14(11-15(12)18(21)22)17(20)24-10-9-23-16(19)13-5-3-2-4-6-13/h2-8,11H,9-10H2,1H3. The highest BCUT2D eigenvalue weighted by atomic mass is 16.6. The van der Waals surface area contributed by atoms with Gasteiger partial charge >= 0.3 is 11.9 Å². The molecule has 7 nitrogen and oxygen atoms in total. The molecule has 0 N–H and O–H groups in total. The summed E-state index contributed by atoms with van der Waals surface area (Å²) in [4.78, 5) is 33.8. The summed E-state index contributed by atoms with van der Waals surface area (Å²) in [5.41, 5.74) is 0.771. The number of carbonyl (C=O) groups excluding carboxylic acids is 2. The Balaban J connectivity index is 1.84. The zero-order valence-corrected chi connectivity index (χ0v) is 12.9. The fourth-order valence-electron chi connectivity index (χ4n) is 1.94. The average Bonchev–Trinajstić information content (AvgIpc) is 2.59. The first-order valence-corrected chi connectivity index (χ1v) is 7.13. The predicted molar refractivity (Wildman–Crippen MR) is 84.8 cm³/mol. The Morgan fingerprint density at radius 1 is 0.958 bits per heavy atom. The maximum absolute atomic E-state index is 11.9. The van der Waals surface area contributed by atoms with E-state index < -0.39 is 16.9 Å². The molecule has 2 rings (SSSR count). The largest absolute Gasteiger partial charge is 0.458 e. The molecule has 0 aliphatic heterocycles. The molecule has 0 heterocycles. The third-order valence-corrected chi connectivity index (χ3v) is 3.20. The number of aryl methyl sites for hydroxylation is 1. The summed E-state index contributed by atoms with van der Waals surface area (Å²) >= 11 is 0. The van der Waals surface area contributed by atoms with Crippen LogP contribution in [-0.4, -0.2) is 30.1 Å². The van der Waals surface area contributed by atoms with Crippen molar-refractivity contribution in [2.45, 2.75) is 6.92 Å². The molecule has 124 valence electrons. The van der Waals surface area contributed by atoms with Crippen molar-refractivity contribution in [2.24, 2.45) is 0 Å². The minimum absolute atomic E-state index is 0.0710. The summed E-state index contributed by atoms with van der Waals surface area (Å²) in [5, 5.41) is 10.9. The van der Waals surface area contributed by atoms with E-state index >= 15 is 0 Å². The van der Waals surface area contributed by atoms with Crippen LogP contribution in [0.1, 0.15) is 26.3 Å². The number of esters is 2. The van der Waals surface area contributed by atoms with Gasteiger partial charge in [-0.1, -0.05) is 24.3 Å². The minimum Gasteiger partial charge on any atom is -0.458 e. The minimum atomic E-state index is -0.714. The summed E-state index contributed by atoms with van der Waals surface area (Å²) in [7, 11) is 0. The molecule has 2 aromatic carbocycles. The van der Waals surface area contributed by atoms with Crippen molar-refractivity contribution in [1.29, 1.82) is 0 Å². The SMILES string of the molecule is Cc1ccc(C(=O)OCCOC(=O)c2ccccc2)cc1[N+](=O)[O-]. The number of carbonyl (C=O) groups is 2. The Morgan fingerprint density at radius 3 is 2.12 bits per heavy atom. The second-order valence-corrected chi connectivity index (χ2v) is 4.90. The van der Waals surface area contributed by atoms with Crippen LogP contribution < -0.4 is 0 Å². The van der Waals surface area contributed by atoms with Crippen LogP contribution in [0.25, 0.3) is 0 Å². The van der Waals surface area contributed by atoms with Gasteiger partial charge in [0.1, 0.15) is 13.2 Å². The molecule has 24 heavy (non-hydrogen) atoms. The van der Waals surface area contributed by atoms with E-state index in [2.05, 4.69) is 0 Å². The molecule has 0 unspecified atom stereocenters. The van der Waals surface area contributed by atoms with Crippen molar-refractivity contribution >= 4 is 17.6 Å². The van der Waals surface area contributed by atoms with Crippen LogP contribution in [0.5, 0.6) is 0 Å². The van der Waals surface area contributed by atoms with Gasteiger partial charge in [0.25, 0.3) is 5.69 Å². The van der Waals surface area contributed by atoms with Crippen molar-refractivity contribution in [2.75, 3.05) is 13.2 Å². The molecule has 7 heteroatoms. The van der Waals surface area contributed by atoms with Gasteiger partial charge in [-0.05, 0) is 25.1 Å². The molecule has 0 bridgehead atoms. The number of nitro groups is 1. The first kappa shape index (κ1) is 17.1. The molecule has 0 aliphatic carbocycles. The maximum atomic E-state index is 11.9. The fraction of sp³-hybridized carbons (Fsp3) is 0.176. The van der Waals surface area contributed by atoms with Gasteiger partial charge in [0.2, 0.25) is 0 Å². The van der Waals surface area contributed by atoms with Crippen LogP contribution in [0.15, 0.2) is 48.5 Å². The van der Waals surface area contributed by atoms with Crippen molar-refractivity contribution in [3.05, 3.63) is 75.3 Å². The van der Waals surface area contributed by atoms with E-state index in [1.165, 1.54) is 12.1 Å². The van der Waals surface area contributed by atoms with Crippen LogP contribution in [0.3, 0.4) is 0 Å². The predicted octanol–water partition coefficient (Wildman–Crippen LogP) is 2.92. The molecule has 0 aromatic heterocycles. The van der Waals surface area contributed by atoms with Crippen molar-refractivity contribution in [1.82, 2.24) is 0 Å². The van der Waals surface area contributed by atoms with E-state index in [4.69, 9.17) is 9.47 Å². The molecule has 0 atom stereocenters. The van der Waals surface area contributed by atoms with Gasteiger partial charge in [0.05, 0.1) is 16.1 Å². The van der Waals surface area contributed by atoms with Gasteiger partial charge in [0, 0.05) is 11.6 Å². The lowest BCUT2D eigenvalue weighted by molar-refractivity contribution is -0.385. The fourth-order valence-corrected chi connectivity index (χ4v) is 1.94. The van der Waals surface area contributed by atoms with E-state index in [9.17, 15) is 19.7 Å². The van der Waals surface area contributed by atoms with Gasteiger partial charge in [-0.15, -0.1) is 0 Å². The van der Waals surface area contributed by atoms with Gasteiger partial charge in [-0.25, -0.2) is 9.59 Å². The average molecular weight is 329 g/mol. The first-order valence-electron chi connectivity index (χ1n) is 7.13. The third kappa shape index (κ3) is 4.39. The molecule has 0 amide bonds. The number of ether oxygens (including phenoxy) is 2. The molecule has 2 aromatic rings. The monoisotopic (exact) mass is 329 g/mol. The molecular formula is C17H15NO6. The second kappa shape index (κ2) is 7.87. The van der Waals surface area contributed by atoms with E-state index in [0.717, 1.165) is 6.07 Å². The van der Waals surface area contributed by atoms with Gasteiger partial charge in [0.15, 0.2) is 0 Å². The van der Waals surface area contributed by atoms with Crippen molar-refractivity contribution < 1.29 is 24.0 Å². The number of hydrogen-bond acceptors (Lipinski definition) is 6. The van der Waals surface area contributed by atoms with E-state index in [1.807, 2.05) is 0 Å². The number of rotatable bonds is 6. The van der Waals surface area contributed by atoms with Gasteiger partial charge in [-0.2, -0.15) is 0 Å². The van der Waals surface area contributed by atoms with Crippen LogP contribution in [-0.2, 0) is 9.47 Å². The molecule has 0 saturated carbocycles. The smallest absolute Gasteiger partial charge is 0.338 e. The van der Waals surface area contributed by atoms with Crippen LogP contribution in [0, 0.1) is 17.0 Å². The third-order valence-electron chi connectivity index (χ3n) is 3.20. The lowest BCUT2D eigenvalue weighted by atomic mass is 10.1. The highest BCUT2D eigenvalue weighted by Gasteiger charge is 2.16. The van der Waals surface area contributed by atoms with E-state index in [1.54, 1.807) is 37.3 Å². The molecule has 0 spiro atoms. The zero-order valence-electron chi connectivity index (χ0n) is 12.9. The summed E-state index contributed by atoms with van der Waals surface area (Å²) in [5.74, 6) is -1.23. The zero-order chi connectivity index (χ0) is 17.5. The molecule has 0 radical (unpaired) electrons. The Bertz CT molecular complexity index is 757. The highest BCUT2D eigenvalue weighted by molar-refractivity contribution is 5.90. The van der Waals surface area contributed by atoms with Crippen molar-refractivity contribution in [3.8, 4) is 0 Å². The molecule has 0 fully saturated rings. The summed E-state index contributed by atoms with van der Waals surface area (Å²) in [6, 6.07) is 12.5. The van der Waals surface area contributed by atoms with Gasteiger partial charge < -0.3 is 9.47 Å². The molecule has 0 aliphatic rings.